The maximum atomic E-state index is 12.2. The van der Waals surface area contributed by atoms with Crippen LogP contribution in [-0.4, -0.2) is 28.0 Å². The van der Waals surface area contributed by atoms with E-state index < -0.39 is 5.97 Å². The number of nitrogens with zero attached hydrogens (tertiary/aromatic N) is 1. The van der Waals surface area contributed by atoms with Crippen molar-refractivity contribution in [1.29, 1.82) is 0 Å². The molecule has 0 saturated heterocycles. The van der Waals surface area contributed by atoms with Crippen molar-refractivity contribution in [2.75, 3.05) is 0 Å². The normalized spacial score (nSPS) is 22.8. The van der Waals surface area contributed by atoms with E-state index in [4.69, 9.17) is 5.11 Å². The number of hydrogen-bond donors (Lipinski definition) is 2. The lowest BCUT2D eigenvalue weighted by atomic mass is 9.86. The zero-order chi connectivity index (χ0) is 15.6. The molecule has 1 saturated carbocycles. The topological polar surface area (TPSA) is 79.3 Å². The summed E-state index contributed by atoms with van der Waals surface area (Å²) in [6, 6.07) is 0.0771. The molecule has 1 amide bonds. The molecule has 0 unspecified atom stereocenters. The molecule has 0 aliphatic heterocycles. The van der Waals surface area contributed by atoms with Gasteiger partial charge in [0.1, 0.15) is 4.88 Å². The van der Waals surface area contributed by atoms with Crippen molar-refractivity contribution < 1.29 is 14.7 Å². The van der Waals surface area contributed by atoms with Crippen molar-refractivity contribution in [1.82, 2.24) is 10.3 Å². The highest BCUT2D eigenvalue weighted by Crippen LogP contribution is 2.28. The third kappa shape index (κ3) is 4.03. The van der Waals surface area contributed by atoms with Gasteiger partial charge in [-0.15, -0.1) is 11.3 Å². The second-order valence-electron chi connectivity index (χ2n) is 6.64. The standard InChI is InChI=1S/C15H22N2O3S/c1-15(2,3)14-16-8-11(21-14)12(18)17-10-6-4-9(5-7-10)13(19)20/h8-10H,4-7H2,1-3H3,(H,17,18)(H,19,20). The third-order valence-corrected chi connectivity index (χ3v) is 5.20. The summed E-state index contributed by atoms with van der Waals surface area (Å²) in [4.78, 5) is 28.1. The van der Waals surface area contributed by atoms with Crippen molar-refractivity contribution in [3.05, 3.63) is 16.1 Å². The highest BCUT2D eigenvalue weighted by Gasteiger charge is 2.27. The molecule has 1 aromatic heterocycles. The Bertz CT molecular complexity index is 525. The molecule has 1 aromatic rings. The van der Waals surface area contributed by atoms with Crippen LogP contribution in [0.1, 0.15) is 61.1 Å². The third-order valence-electron chi connectivity index (χ3n) is 3.78. The van der Waals surface area contributed by atoms with Gasteiger partial charge in [0.2, 0.25) is 0 Å². The first-order valence-electron chi connectivity index (χ1n) is 7.27. The lowest BCUT2D eigenvalue weighted by Gasteiger charge is -2.26. The molecular formula is C15H22N2O3S. The summed E-state index contributed by atoms with van der Waals surface area (Å²) in [7, 11) is 0. The molecule has 1 aliphatic carbocycles. The average molecular weight is 310 g/mol. The van der Waals surface area contributed by atoms with E-state index in [2.05, 4.69) is 31.1 Å². The second kappa shape index (κ2) is 6.13. The first-order valence-corrected chi connectivity index (χ1v) is 8.09. The highest BCUT2D eigenvalue weighted by atomic mass is 32.1. The van der Waals surface area contributed by atoms with E-state index in [9.17, 15) is 9.59 Å². The number of nitrogens with one attached hydrogen (secondary N) is 1. The van der Waals surface area contributed by atoms with Crippen molar-refractivity contribution in [3.63, 3.8) is 0 Å². The number of rotatable bonds is 3. The van der Waals surface area contributed by atoms with Crippen LogP contribution in [0.2, 0.25) is 0 Å². The number of carbonyl (C=O) groups is 2. The fourth-order valence-corrected chi connectivity index (χ4v) is 3.34. The average Bonchev–Trinajstić information content (AvgIpc) is 2.88. The molecule has 1 heterocycles. The molecule has 0 spiro atoms. The quantitative estimate of drug-likeness (QED) is 0.899. The summed E-state index contributed by atoms with van der Waals surface area (Å²) < 4.78 is 0. The summed E-state index contributed by atoms with van der Waals surface area (Å²) in [5, 5.41) is 12.9. The zero-order valence-corrected chi connectivity index (χ0v) is 13.5. The molecule has 2 N–H and O–H groups in total. The smallest absolute Gasteiger partial charge is 0.306 e. The van der Waals surface area contributed by atoms with E-state index in [1.54, 1.807) is 6.20 Å². The minimum absolute atomic E-state index is 0.0528. The van der Waals surface area contributed by atoms with E-state index in [0.717, 1.165) is 17.8 Å². The van der Waals surface area contributed by atoms with Crippen molar-refractivity contribution in [2.24, 2.45) is 5.92 Å². The summed E-state index contributed by atoms with van der Waals surface area (Å²) in [5.41, 5.74) is -0.0528. The molecule has 6 heteroatoms. The van der Waals surface area contributed by atoms with Crippen LogP contribution in [0.25, 0.3) is 0 Å². The van der Waals surface area contributed by atoms with Crippen LogP contribution < -0.4 is 5.32 Å². The minimum Gasteiger partial charge on any atom is -0.481 e. The second-order valence-corrected chi connectivity index (χ2v) is 7.67. The Morgan fingerprint density at radius 3 is 2.38 bits per heavy atom. The number of aromatic nitrogens is 1. The molecule has 0 radical (unpaired) electrons. The van der Waals surface area contributed by atoms with Gasteiger partial charge in [-0.3, -0.25) is 9.59 Å². The number of carbonyl (C=O) groups excluding carboxylic acids is 1. The number of aliphatic carboxylic acids is 1. The zero-order valence-electron chi connectivity index (χ0n) is 12.7. The summed E-state index contributed by atoms with van der Waals surface area (Å²) in [6.07, 6.45) is 4.36. The number of amides is 1. The Morgan fingerprint density at radius 2 is 1.90 bits per heavy atom. The molecule has 0 bridgehead atoms. The van der Waals surface area contributed by atoms with E-state index in [1.807, 2.05) is 0 Å². The predicted octanol–water partition coefficient (Wildman–Crippen LogP) is 2.81. The SMILES string of the molecule is CC(C)(C)c1ncc(C(=O)NC2CCC(C(=O)O)CC2)s1. The number of carboxylic acids is 1. The molecule has 1 fully saturated rings. The van der Waals surface area contributed by atoms with Crippen LogP contribution in [0.5, 0.6) is 0 Å². The Hall–Kier alpha value is -1.43. The summed E-state index contributed by atoms with van der Waals surface area (Å²) in [6.45, 7) is 6.21. The Balaban J connectivity index is 1.91. The van der Waals surface area contributed by atoms with Gasteiger partial charge in [-0.05, 0) is 25.7 Å². The Labute approximate surface area is 128 Å². The van der Waals surface area contributed by atoms with Crippen LogP contribution in [0.3, 0.4) is 0 Å². The van der Waals surface area contributed by atoms with E-state index in [1.165, 1.54) is 11.3 Å². The van der Waals surface area contributed by atoms with Gasteiger partial charge in [0.15, 0.2) is 0 Å². The fraction of sp³-hybridized carbons (Fsp3) is 0.667. The van der Waals surface area contributed by atoms with E-state index in [0.29, 0.717) is 17.7 Å². The summed E-state index contributed by atoms with van der Waals surface area (Å²) >= 11 is 1.42. The van der Waals surface area contributed by atoms with Crippen molar-refractivity contribution in [3.8, 4) is 0 Å². The van der Waals surface area contributed by atoms with Crippen LogP contribution in [0, 0.1) is 5.92 Å². The first kappa shape index (κ1) is 15.9. The molecule has 2 rings (SSSR count). The van der Waals surface area contributed by atoms with Crippen molar-refractivity contribution >= 4 is 23.2 Å². The van der Waals surface area contributed by atoms with Crippen molar-refractivity contribution in [2.45, 2.75) is 57.9 Å². The monoisotopic (exact) mass is 310 g/mol. The van der Waals surface area contributed by atoms with Crippen LogP contribution in [-0.2, 0) is 10.2 Å². The molecule has 21 heavy (non-hydrogen) atoms. The number of carboxylic acid groups (broad SMARTS) is 1. The Morgan fingerprint density at radius 1 is 1.29 bits per heavy atom. The number of hydrogen-bond acceptors (Lipinski definition) is 4. The molecule has 0 aromatic carbocycles. The predicted molar refractivity (Wildman–Crippen MR) is 81.7 cm³/mol. The van der Waals surface area contributed by atoms with Crippen LogP contribution in [0.15, 0.2) is 6.20 Å². The highest BCUT2D eigenvalue weighted by molar-refractivity contribution is 7.13. The van der Waals surface area contributed by atoms with Gasteiger partial charge in [-0.1, -0.05) is 20.8 Å². The first-order chi connectivity index (χ1) is 9.77. The van der Waals surface area contributed by atoms with Crippen LogP contribution >= 0.6 is 11.3 Å². The lowest BCUT2D eigenvalue weighted by Crippen LogP contribution is -2.38. The molecule has 116 valence electrons. The molecule has 0 atom stereocenters. The Kier molecular flexibility index (Phi) is 4.66. The van der Waals surface area contributed by atoms with Gasteiger partial charge in [0.25, 0.3) is 5.91 Å². The van der Waals surface area contributed by atoms with Gasteiger partial charge >= 0.3 is 5.97 Å². The maximum Gasteiger partial charge on any atom is 0.306 e. The van der Waals surface area contributed by atoms with E-state index >= 15 is 0 Å². The number of thiazole rings is 1. The molecule has 5 nitrogen and oxygen atoms in total. The maximum absolute atomic E-state index is 12.2. The van der Waals surface area contributed by atoms with Gasteiger partial charge in [-0.25, -0.2) is 4.98 Å². The van der Waals surface area contributed by atoms with E-state index in [-0.39, 0.29) is 23.3 Å². The summed E-state index contributed by atoms with van der Waals surface area (Å²) in [5.74, 6) is -1.08. The fourth-order valence-electron chi connectivity index (χ4n) is 2.47. The minimum atomic E-state index is -0.725. The molecule has 1 aliphatic rings. The lowest BCUT2D eigenvalue weighted by molar-refractivity contribution is -0.142. The van der Waals surface area contributed by atoms with Gasteiger partial charge in [-0.2, -0.15) is 0 Å². The van der Waals surface area contributed by atoms with Gasteiger partial charge in [0.05, 0.1) is 17.1 Å². The van der Waals surface area contributed by atoms with Gasteiger partial charge in [0, 0.05) is 11.5 Å². The van der Waals surface area contributed by atoms with Gasteiger partial charge < -0.3 is 10.4 Å². The molecular weight excluding hydrogens is 288 g/mol. The van der Waals surface area contributed by atoms with Crippen LogP contribution in [0.4, 0.5) is 0 Å². The largest absolute Gasteiger partial charge is 0.481 e.